The van der Waals surface area contributed by atoms with E-state index in [2.05, 4.69) is 29.2 Å². The van der Waals surface area contributed by atoms with Crippen LogP contribution in [0.2, 0.25) is 11.6 Å². The molecule has 0 aliphatic rings. The van der Waals surface area contributed by atoms with Gasteiger partial charge in [-0.3, -0.25) is 0 Å². The van der Waals surface area contributed by atoms with Crippen LogP contribution >= 0.6 is 0 Å². The lowest BCUT2D eigenvalue weighted by atomic mass is 10.1. The third-order valence-electron chi connectivity index (χ3n) is 2.16. The monoisotopic (exact) mass is 256 g/mol. The summed E-state index contributed by atoms with van der Waals surface area (Å²) in [6, 6.07) is 0. The van der Waals surface area contributed by atoms with Crippen molar-refractivity contribution in [3.8, 4) is 10.7 Å². The predicted molar refractivity (Wildman–Crippen MR) is 74.3 cm³/mol. The van der Waals surface area contributed by atoms with Crippen LogP contribution in [0.4, 0.5) is 4.39 Å². The molecule has 98 valence electrons. The van der Waals surface area contributed by atoms with Gasteiger partial charge in [0.05, 0.1) is 5.60 Å². The Morgan fingerprint density at radius 3 is 2.29 bits per heavy atom. The highest BCUT2D eigenvalue weighted by molar-refractivity contribution is 6.64. The van der Waals surface area contributed by atoms with E-state index in [1.807, 2.05) is 20.8 Å². The minimum atomic E-state index is -0.971. The zero-order valence-corrected chi connectivity index (χ0v) is 13.3. The molecule has 0 amide bonds. The summed E-state index contributed by atoms with van der Waals surface area (Å²) < 4.78 is 19.7. The molecular formula is C14H26AlFO. The molecule has 2 unspecified atom stereocenters. The van der Waals surface area contributed by atoms with E-state index in [1.54, 1.807) is 0 Å². The highest BCUT2D eigenvalue weighted by Gasteiger charge is 2.24. The standard InChI is InChI=1S/C12H20FO.2CH3.Al/c1-6-8-9-10(13)11(7-2)14-12(3,4)5;;;/h10-11H,6,8-9H2,1,3-5H3;2*1H3;. The fourth-order valence-corrected chi connectivity index (χ4v) is 1.87. The van der Waals surface area contributed by atoms with Crippen LogP contribution in [-0.2, 0) is 4.74 Å². The normalized spacial score (nSPS) is 14.8. The van der Waals surface area contributed by atoms with E-state index in [-0.39, 0.29) is 5.60 Å². The molecule has 0 aromatic carbocycles. The Bertz CT molecular complexity index is 260. The van der Waals surface area contributed by atoms with Crippen LogP contribution in [0.25, 0.3) is 0 Å². The number of ether oxygens (including phenoxy) is 1. The second kappa shape index (κ2) is 8.15. The molecule has 0 N–H and O–H groups in total. The van der Waals surface area contributed by atoms with Gasteiger partial charge < -0.3 is 4.74 Å². The second-order valence-corrected chi connectivity index (χ2v) is 8.35. The quantitative estimate of drug-likeness (QED) is 0.533. The van der Waals surface area contributed by atoms with Crippen LogP contribution in [-0.4, -0.2) is 32.0 Å². The van der Waals surface area contributed by atoms with Gasteiger partial charge in [-0.15, -0.1) is 0 Å². The van der Waals surface area contributed by atoms with Gasteiger partial charge in [0.15, 0.2) is 0 Å². The fourth-order valence-electron chi connectivity index (χ4n) is 1.37. The van der Waals surface area contributed by atoms with Crippen molar-refractivity contribution in [2.24, 2.45) is 0 Å². The minimum Gasteiger partial charge on any atom is -0.357 e. The largest absolute Gasteiger partial charge is 0.369 e. The van der Waals surface area contributed by atoms with Gasteiger partial charge in [0.25, 0.3) is 0 Å². The first-order valence-electron chi connectivity index (χ1n) is 6.59. The number of hydrogen-bond acceptors (Lipinski definition) is 1. The van der Waals surface area contributed by atoms with Gasteiger partial charge in [-0.05, 0) is 27.2 Å². The highest BCUT2D eigenvalue weighted by atomic mass is 27.2. The van der Waals surface area contributed by atoms with Gasteiger partial charge in [-0.2, -0.15) is 0 Å². The summed E-state index contributed by atoms with van der Waals surface area (Å²) in [7, 11) is 0. The lowest BCUT2D eigenvalue weighted by molar-refractivity contribution is -0.0655. The summed E-state index contributed by atoms with van der Waals surface area (Å²) in [6.07, 6.45) is 0.929. The number of hydrogen-bond donors (Lipinski definition) is 0. The Hall–Kier alpha value is -0.0175. The van der Waals surface area contributed by atoms with Crippen LogP contribution in [0.5, 0.6) is 0 Å². The molecule has 0 aliphatic carbocycles. The average molecular weight is 256 g/mol. The molecule has 0 radical (unpaired) electrons. The van der Waals surface area contributed by atoms with Crippen molar-refractivity contribution in [1.29, 1.82) is 0 Å². The van der Waals surface area contributed by atoms with Crippen LogP contribution < -0.4 is 0 Å². The third-order valence-corrected chi connectivity index (χ3v) is 2.90. The summed E-state index contributed by atoms with van der Waals surface area (Å²) in [4.78, 5) is 3.15. The van der Waals surface area contributed by atoms with E-state index < -0.39 is 26.4 Å². The Kier molecular flexibility index (Phi) is 8.14. The second-order valence-electron chi connectivity index (χ2n) is 5.75. The average Bonchev–Trinajstić information content (AvgIpc) is 2.18. The minimum absolute atomic E-state index is 0.339. The molecule has 0 rings (SSSR count). The van der Waals surface area contributed by atoms with E-state index in [9.17, 15) is 4.39 Å². The van der Waals surface area contributed by atoms with Crippen molar-refractivity contribution in [2.45, 2.75) is 76.4 Å². The number of halogens is 1. The lowest BCUT2D eigenvalue weighted by Crippen LogP contribution is -2.33. The third kappa shape index (κ3) is 9.66. The van der Waals surface area contributed by atoms with E-state index in [1.165, 1.54) is 0 Å². The van der Waals surface area contributed by atoms with Crippen molar-refractivity contribution in [2.75, 3.05) is 0 Å². The number of unbranched alkanes of at least 4 members (excludes halogenated alkanes) is 1. The first kappa shape index (κ1) is 17.0. The molecule has 0 saturated heterocycles. The Balaban J connectivity index is 4.56. The van der Waals surface area contributed by atoms with Gasteiger partial charge in [0.1, 0.15) is 12.3 Å². The molecule has 0 aromatic rings. The molecule has 1 nitrogen and oxygen atoms in total. The van der Waals surface area contributed by atoms with Crippen molar-refractivity contribution in [1.82, 2.24) is 0 Å². The van der Waals surface area contributed by atoms with Gasteiger partial charge in [-0.25, -0.2) is 9.17 Å². The van der Waals surface area contributed by atoms with Gasteiger partial charge in [0.2, 0.25) is 0 Å². The van der Waals surface area contributed by atoms with E-state index in [0.29, 0.717) is 6.42 Å². The Morgan fingerprint density at radius 2 is 1.88 bits per heavy atom. The maximum absolute atomic E-state index is 14.0. The summed E-state index contributed by atoms with van der Waals surface area (Å²) in [5.74, 6) is 7.28. The molecule has 3 heteroatoms. The molecular weight excluding hydrogens is 230 g/mol. The lowest BCUT2D eigenvalue weighted by Gasteiger charge is -2.26. The molecule has 0 aromatic heterocycles. The van der Waals surface area contributed by atoms with Crippen molar-refractivity contribution >= 4 is 14.1 Å². The maximum Gasteiger partial charge on any atom is 0.369 e. The topological polar surface area (TPSA) is 9.23 Å². The molecule has 0 heterocycles. The van der Waals surface area contributed by atoms with Crippen LogP contribution in [0.3, 0.4) is 0 Å². The molecule has 2 atom stereocenters. The molecule has 0 bridgehead atoms. The zero-order valence-electron chi connectivity index (χ0n) is 12.1. The van der Waals surface area contributed by atoms with Crippen LogP contribution in [0, 0.1) is 10.7 Å². The summed E-state index contributed by atoms with van der Waals surface area (Å²) in [5, 5.41) is 0. The molecule has 0 saturated carbocycles. The smallest absolute Gasteiger partial charge is 0.357 e. The summed E-state index contributed by atoms with van der Waals surface area (Å²) in [6.45, 7) is 7.90. The van der Waals surface area contributed by atoms with Crippen molar-refractivity contribution in [3.05, 3.63) is 0 Å². The van der Waals surface area contributed by atoms with Crippen molar-refractivity contribution < 1.29 is 9.13 Å². The fraction of sp³-hybridized carbons (Fsp3) is 0.857. The van der Waals surface area contributed by atoms with E-state index >= 15 is 0 Å². The van der Waals surface area contributed by atoms with Crippen LogP contribution in [0.1, 0.15) is 47.0 Å². The van der Waals surface area contributed by atoms with E-state index in [4.69, 9.17) is 4.74 Å². The molecule has 0 aliphatic heterocycles. The highest BCUT2D eigenvalue weighted by Crippen LogP contribution is 2.18. The van der Waals surface area contributed by atoms with Crippen molar-refractivity contribution in [3.63, 3.8) is 0 Å². The summed E-state index contributed by atoms with van der Waals surface area (Å²) in [5.41, 5.74) is -0.339. The Morgan fingerprint density at radius 1 is 1.29 bits per heavy atom. The van der Waals surface area contributed by atoms with Crippen LogP contribution in [0.15, 0.2) is 0 Å². The first-order chi connectivity index (χ1) is 7.76. The molecule has 17 heavy (non-hydrogen) atoms. The van der Waals surface area contributed by atoms with Gasteiger partial charge in [-0.1, -0.05) is 37.3 Å². The SMILES string of the molecule is CCCCC(F)C(C#[C][Al]([CH3])[CH3])OC(C)(C)C. The number of rotatable bonds is 5. The first-order valence-corrected chi connectivity index (χ1v) is 9.48. The predicted octanol–water partition coefficient (Wildman–Crippen LogP) is 4.00. The molecule has 0 spiro atoms. The Labute approximate surface area is 111 Å². The maximum atomic E-state index is 14.0. The van der Waals surface area contributed by atoms with Gasteiger partial charge in [0, 0.05) is 0 Å². The summed E-state index contributed by atoms with van der Waals surface area (Å²) >= 11 is -0.971. The zero-order chi connectivity index (χ0) is 13.5. The van der Waals surface area contributed by atoms with E-state index in [0.717, 1.165) is 12.8 Å². The molecule has 0 fully saturated rings. The van der Waals surface area contributed by atoms with Gasteiger partial charge >= 0.3 is 14.1 Å². The number of alkyl halides is 1.